The van der Waals surface area contributed by atoms with Gasteiger partial charge in [-0.25, -0.2) is 4.98 Å². The minimum Gasteiger partial charge on any atom is -0.288 e. The van der Waals surface area contributed by atoms with Crippen molar-refractivity contribution in [2.75, 3.05) is 5.32 Å². The summed E-state index contributed by atoms with van der Waals surface area (Å²) in [5.41, 5.74) is 3.59. The van der Waals surface area contributed by atoms with Gasteiger partial charge < -0.3 is 0 Å². The molecule has 0 unspecified atom stereocenters. The van der Waals surface area contributed by atoms with Gasteiger partial charge in [0.2, 0.25) is 5.95 Å². The largest absolute Gasteiger partial charge is 0.288 e. The Morgan fingerprint density at radius 3 is 2.68 bits per heavy atom. The van der Waals surface area contributed by atoms with Crippen LogP contribution >= 0.6 is 11.3 Å². The van der Waals surface area contributed by atoms with E-state index < -0.39 is 0 Å². The summed E-state index contributed by atoms with van der Waals surface area (Å²) in [7, 11) is 0. The van der Waals surface area contributed by atoms with Crippen molar-refractivity contribution in [3.05, 3.63) is 65.9 Å². The zero-order chi connectivity index (χ0) is 17.1. The number of hydrogen-bond acceptors (Lipinski definition) is 6. The molecule has 0 aliphatic carbocycles. The van der Waals surface area contributed by atoms with Gasteiger partial charge in [0.05, 0.1) is 10.4 Å². The van der Waals surface area contributed by atoms with Gasteiger partial charge in [-0.15, -0.1) is 16.4 Å². The minimum absolute atomic E-state index is 0.178. The summed E-state index contributed by atoms with van der Waals surface area (Å²) < 4.78 is 0. The zero-order valence-electron chi connectivity index (χ0n) is 12.9. The molecule has 8 heteroatoms. The first-order chi connectivity index (χ1) is 12.3. The molecule has 4 rings (SSSR count). The Morgan fingerprint density at radius 2 is 1.88 bits per heavy atom. The maximum atomic E-state index is 12.5. The fourth-order valence-corrected chi connectivity index (χ4v) is 3.09. The van der Waals surface area contributed by atoms with Crippen molar-refractivity contribution in [2.45, 2.75) is 0 Å². The predicted molar refractivity (Wildman–Crippen MR) is 95.1 cm³/mol. The number of carbonyl (C=O) groups is 1. The van der Waals surface area contributed by atoms with Crippen LogP contribution in [-0.4, -0.2) is 31.1 Å². The average molecular weight is 348 g/mol. The van der Waals surface area contributed by atoms with E-state index in [1.807, 2.05) is 42.5 Å². The summed E-state index contributed by atoms with van der Waals surface area (Å²) in [6.07, 6.45) is 1.66. The van der Waals surface area contributed by atoms with E-state index in [0.717, 1.165) is 10.4 Å². The van der Waals surface area contributed by atoms with E-state index in [4.69, 9.17) is 0 Å². The van der Waals surface area contributed by atoms with E-state index in [9.17, 15) is 4.79 Å². The van der Waals surface area contributed by atoms with Crippen molar-refractivity contribution in [3.63, 3.8) is 0 Å². The predicted octanol–water partition coefficient (Wildman–Crippen LogP) is 3.24. The SMILES string of the molecule is O=C(Nc1n[nH]c(-c2ccccn2)n1)c1ncsc1-c1ccccc1. The van der Waals surface area contributed by atoms with Gasteiger partial charge in [-0.1, -0.05) is 36.4 Å². The first-order valence-corrected chi connectivity index (χ1v) is 8.33. The Morgan fingerprint density at radius 1 is 1.04 bits per heavy atom. The second-order valence-electron chi connectivity index (χ2n) is 5.07. The second-order valence-corrected chi connectivity index (χ2v) is 5.93. The maximum absolute atomic E-state index is 12.5. The Bertz CT molecular complexity index is 996. The summed E-state index contributed by atoms with van der Waals surface area (Å²) in [5, 5.41) is 9.44. The summed E-state index contributed by atoms with van der Waals surface area (Å²) in [6.45, 7) is 0. The van der Waals surface area contributed by atoms with Gasteiger partial charge >= 0.3 is 0 Å². The number of hydrogen-bond donors (Lipinski definition) is 2. The molecule has 0 bridgehead atoms. The Hall–Kier alpha value is -3.39. The van der Waals surface area contributed by atoms with E-state index in [0.29, 0.717) is 17.2 Å². The number of aromatic amines is 1. The highest BCUT2D eigenvalue weighted by Gasteiger charge is 2.18. The zero-order valence-corrected chi connectivity index (χ0v) is 13.7. The average Bonchev–Trinajstić information content (AvgIpc) is 3.33. The molecule has 4 aromatic rings. The lowest BCUT2D eigenvalue weighted by Crippen LogP contribution is -2.14. The Kier molecular flexibility index (Phi) is 4.01. The number of aromatic nitrogens is 5. The molecule has 0 radical (unpaired) electrons. The molecule has 7 nitrogen and oxygen atoms in total. The van der Waals surface area contributed by atoms with Gasteiger partial charge in [-0.05, 0) is 17.7 Å². The number of nitrogens with zero attached hydrogens (tertiary/aromatic N) is 4. The Labute approximate surface area is 146 Å². The lowest BCUT2D eigenvalue weighted by molar-refractivity contribution is 0.102. The van der Waals surface area contributed by atoms with E-state index >= 15 is 0 Å². The van der Waals surface area contributed by atoms with Crippen LogP contribution in [0.15, 0.2) is 60.2 Å². The third-order valence-corrected chi connectivity index (χ3v) is 4.31. The normalized spacial score (nSPS) is 10.6. The van der Waals surface area contributed by atoms with E-state index in [1.54, 1.807) is 17.8 Å². The Balaban J connectivity index is 1.56. The molecule has 0 aliphatic heterocycles. The molecule has 1 amide bonds. The van der Waals surface area contributed by atoms with Crippen molar-refractivity contribution < 1.29 is 4.79 Å². The number of rotatable bonds is 4. The van der Waals surface area contributed by atoms with Crippen molar-refractivity contribution >= 4 is 23.2 Å². The van der Waals surface area contributed by atoms with E-state index in [-0.39, 0.29) is 11.9 Å². The first kappa shape index (κ1) is 15.2. The quantitative estimate of drug-likeness (QED) is 0.590. The molecule has 2 N–H and O–H groups in total. The second kappa shape index (κ2) is 6.62. The third kappa shape index (κ3) is 3.15. The molecular formula is C17H12N6OS. The molecule has 3 heterocycles. The van der Waals surface area contributed by atoms with E-state index in [2.05, 4.69) is 30.5 Å². The van der Waals surface area contributed by atoms with Crippen LogP contribution in [0.2, 0.25) is 0 Å². The fraction of sp³-hybridized carbons (Fsp3) is 0. The highest BCUT2D eigenvalue weighted by molar-refractivity contribution is 7.13. The molecule has 1 aromatic carbocycles. The summed E-state index contributed by atoms with van der Waals surface area (Å²) >= 11 is 1.41. The van der Waals surface area contributed by atoms with Crippen molar-refractivity contribution in [1.82, 2.24) is 25.1 Å². The molecule has 0 saturated carbocycles. The van der Waals surface area contributed by atoms with Gasteiger partial charge in [-0.3, -0.25) is 20.2 Å². The van der Waals surface area contributed by atoms with Crippen LogP contribution in [-0.2, 0) is 0 Å². The van der Waals surface area contributed by atoms with Crippen LogP contribution < -0.4 is 5.32 Å². The van der Waals surface area contributed by atoms with Crippen LogP contribution in [0.25, 0.3) is 22.0 Å². The summed E-state index contributed by atoms with van der Waals surface area (Å²) in [4.78, 5) is 26.0. The number of carbonyl (C=O) groups excluding carboxylic acids is 1. The molecule has 0 saturated heterocycles. The molecule has 0 fully saturated rings. The lowest BCUT2D eigenvalue weighted by Gasteiger charge is -2.02. The monoisotopic (exact) mass is 348 g/mol. The highest BCUT2D eigenvalue weighted by atomic mass is 32.1. The third-order valence-electron chi connectivity index (χ3n) is 3.44. The number of nitrogens with one attached hydrogen (secondary N) is 2. The van der Waals surface area contributed by atoms with E-state index in [1.165, 1.54) is 11.3 Å². The van der Waals surface area contributed by atoms with Crippen LogP contribution in [0.5, 0.6) is 0 Å². The van der Waals surface area contributed by atoms with Crippen molar-refractivity contribution in [2.24, 2.45) is 0 Å². The van der Waals surface area contributed by atoms with Crippen LogP contribution in [0.1, 0.15) is 10.5 Å². The molecule has 122 valence electrons. The smallest absolute Gasteiger partial charge is 0.278 e. The molecule has 3 aromatic heterocycles. The number of anilines is 1. The van der Waals surface area contributed by atoms with Crippen molar-refractivity contribution in [3.8, 4) is 22.0 Å². The molecule has 0 atom stereocenters. The number of pyridine rings is 1. The van der Waals surface area contributed by atoms with Gasteiger partial charge in [0.25, 0.3) is 5.91 Å². The minimum atomic E-state index is -0.355. The lowest BCUT2D eigenvalue weighted by atomic mass is 10.1. The number of amides is 1. The molecule has 25 heavy (non-hydrogen) atoms. The van der Waals surface area contributed by atoms with Gasteiger partial charge in [0.1, 0.15) is 11.4 Å². The van der Waals surface area contributed by atoms with Crippen LogP contribution in [0, 0.1) is 0 Å². The van der Waals surface area contributed by atoms with Crippen LogP contribution in [0.3, 0.4) is 0 Å². The number of thiazole rings is 1. The van der Waals surface area contributed by atoms with Gasteiger partial charge in [0.15, 0.2) is 5.82 Å². The van der Waals surface area contributed by atoms with Gasteiger partial charge in [0, 0.05) is 6.20 Å². The summed E-state index contributed by atoms with van der Waals surface area (Å²) in [5.74, 6) is 0.307. The van der Waals surface area contributed by atoms with Gasteiger partial charge in [-0.2, -0.15) is 4.98 Å². The highest BCUT2D eigenvalue weighted by Crippen LogP contribution is 2.27. The standard InChI is InChI=1S/C17H12N6OS/c24-16(13-14(25-10-19-13)11-6-2-1-3-7-11)21-17-20-15(22-23-17)12-8-4-5-9-18-12/h1-10H,(H2,20,21,22,23,24). The van der Waals surface area contributed by atoms with Crippen molar-refractivity contribution in [1.29, 1.82) is 0 Å². The first-order valence-electron chi connectivity index (χ1n) is 7.45. The molecule has 0 aliphatic rings. The summed E-state index contributed by atoms with van der Waals surface area (Å²) in [6, 6.07) is 15.1. The maximum Gasteiger partial charge on any atom is 0.278 e. The topological polar surface area (TPSA) is 96.5 Å². The number of H-pyrrole nitrogens is 1. The molecular weight excluding hydrogens is 336 g/mol. The molecule has 0 spiro atoms. The van der Waals surface area contributed by atoms with Crippen LogP contribution in [0.4, 0.5) is 5.95 Å². The fourth-order valence-electron chi connectivity index (χ4n) is 2.30. The number of benzene rings is 1.